The van der Waals surface area contributed by atoms with Crippen molar-refractivity contribution in [1.82, 2.24) is 9.59 Å². The first-order valence-corrected chi connectivity index (χ1v) is 8.05. The number of nitrogens with zero attached hydrogens (tertiary/aromatic N) is 1. The van der Waals surface area contributed by atoms with E-state index >= 15 is 0 Å². The van der Waals surface area contributed by atoms with Crippen molar-refractivity contribution in [1.29, 1.82) is 0 Å². The summed E-state index contributed by atoms with van der Waals surface area (Å²) in [4.78, 5) is 0. The lowest BCUT2D eigenvalue weighted by Gasteiger charge is -2.25. The van der Waals surface area contributed by atoms with Crippen molar-refractivity contribution in [3.63, 3.8) is 0 Å². The van der Waals surface area contributed by atoms with Crippen LogP contribution in [-0.4, -0.2) is 18.9 Å². The van der Waals surface area contributed by atoms with E-state index < -0.39 is 4.16 Å². The topological polar surface area (TPSA) is 41.5 Å². The Balaban J connectivity index is 2.10. The molecule has 124 valence electrons. The highest BCUT2D eigenvalue weighted by molar-refractivity contribution is 7.79. The zero-order valence-corrected chi connectivity index (χ0v) is 15.0. The van der Waals surface area contributed by atoms with E-state index in [1.807, 2.05) is 57.2 Å². The minimum atomic E-state index is -0.632. The standard InChI is InChI=1S/C18H25N2O2S/c1-13-11-14(2)18(15(3)12-13)20(21,23)19-10-9-16-7-5-6-8-17(16)22-4/h5-8,11-12,19,21,23H,9-10H2,1-4H3/q+1. The summed E-state index contributed by atoms with van der Waals surface area (Å²) in [5, 5.41) is 10.7. The zero-order chi connectivity index (χ0) is 17.0. The fourth-order valence-electron chi connectivity index (χ4n) is 3.00. The molecular formula is C18H25N2O2S+. The molecular weight excluding hydrogens is 308 g/mol. The van der Waals surface area contributed by atoms with Crippen LogP contribution in [-0.2, 0) is 6.42 Å². The molecule has 2 N–H and O–H groups in total. The highest BCUT2D eigenvalue weighted by Crippen LogP contribution is 2.30. The second-order valence-electron chi connectivity index (χ2n) is 5.82. The van der Waals surface area contributed by atoms with E-state index in [-0.39, 0.29) is 0 Å². The molecule has 0 aromatic heterocycles. The van der Waals surface area contributed by atoms with Gasteiger partial charge in [-0.25, -0.2) is 0 Å². The Morgan fingerprint density at radius 2 is 1.74 bits per heavy atom. The number of ether oxygens (including phenoxy) is 1. The van der Waals surface area contributed by atoms with Gasteiger partial charge in [0, 0.05) is 11.1 Å². The molecule has 0 radical (unpaired) electrons. The summed E-state index contributed by atoms with van der Waals surface area (Å²) in [6, 6.07) is 12.0. The summed E-state index contributed by atoms with van der Waals surface area (Å²) in [5.41, 5.74) is 8.11. The molecule has 0 saturated heterocycles. The van der Waals surface area contributed by atoms with Gasteiger partial charge in [-0.15, -0.1) is 5.43 Å². The number of nitrogens with one attached hydrogen (secondary N) is 1. The predicted octanol–water partition coefficient (Wildman–Crippen LogP) is 3.91. The number of hydrogen-bond acceptors (Lipinski definition) is 4. The molecule has 0 spiro atoms. The van der Waals surface area contributed by atoms with Crippen molar-refractivity contribution < 1.29 is 9.94 Å². The minimum absolute atomic E-state index is 0.563. The van der Waals surface area contributed by atoms with Gasteiger partial charge in [0.2, 0.25) is 5.69 Å². The van der Waals surface area contributed by atoms with Crippen LogP contribution in [0.2, 0.25) is 0 Å². The third-order valence-corrected chi connectivity index (χ3v) is 4.21. The lowest BCUT2D eigenvalue weighted by molar-refractivity contribution is -0.0212. The zero-order valence-electron chi connectivity index (χ0n) is 14.1. The number of hydrogen-bond donors (Lipinski definition) is 3. The maximum Gasteiger partial charge on any atom is 0.203 e. The number of benzene rings is 2. The van der Waals surface area contributed by atoms with Gasteiger partial charge in [-0.3, -0.25) is 0 Å². The molecule has 5 heteroatoms. The second kappa shape index (κ2) is 7.36. The van der Waals surface area contributed by atoms with Gasteiger partial charge in [-0.2, -0.15) is 5.21 Å². The van der Waals surface area contributed by atoms with Crippen molar-refractivity contribution in [2.24, 2.45) is 0 Å². The summed E-state index contributed by atoms with van der Waals surface area (Å²) < 4.78 is 4.72. The molecule has 4 nitrogen and oxygen atoms in total. The first-order chi connectivity index (χ1) is 10.8. The van der Waals surface area contributed by atoms with E-state index in [1.54, 1.807) is 7.11 Å². The number of thiol groups is 1. The van der Waals surface area contributed by atoms with Crippen molar-refractivity contribution in [3.05, 3.63) is 58.7 Å². The van der Waals surface area contributed by atoms with E-state index in [1.165, 1.54) is 5.56 Å². The van der Waals surface area contributed by atoms with Crippen LogP contribution in [0.15, 0.2) is 36.4 Å². The molecule has 0 amide bonds. The number of quaternary nitrogens is 1. The van der Waals surface area contributed by atoms with Gasteiger partial charge in [0.1, 0.15) is 18.6 Å². The van der Waals surface area contributed by atoms with Gasteiger partial charge in [0.05, 0.1) is 13.7 Å². The molecule has 0 aliphatic heterocycles. The number of methoxy groups -OCH3 is 1. The first-order valence-electron chi connectivity index (χ1n) is 7.65. The van der Waals surface area contributed by atoms with Gasteiger partial charge >= 0.3 is 0 Å². The fraction of sp³-hybridized carbons (Fsp3) is 0.333. The molecule has 1 unspecified atom stereocenters. The number of para-hydroxylation sites is 1. The Labute approximate surface area is 143 Å². The van der Waals surface area contributed by atoms with Crippen LogP contribution in [0.3, 0.4) is 0 Å². The number of rotatable bonds is 6. The number of aryl methyl sites for hydroxylation is 3. The Morgan fingerprint density at radius 3 is 2.35 bits per heavy atom. The average Bonchev–Trinajstić information content (AvgIpc) is 2.46. The monoisotopic (exact) mass is 333 g/mol. The van der Waals surface area contributed by atoms with Gasteiger partial charge in [-0.05, 0) is 43.0 Å². The Kier molecular flexibility index (Phi) is 5.70. The molecule has 2 rings (SSSR count). The third-order valence-electron chi connectivity index (χ3n) is 3.87. The Morgan fingerprint density at radius 1 is 1.13 bits per heavy atom. The molecule has 0 aliphatic rings. The van der Waals surface area contributed by atoms with E-state index in [0.717, 1.165) is 34.5 Å². The molecule has 0 fully saturated rings. The highest BCUT2D eigenvalue weighted by Gasteiger charge is 2.29. The molecule has 2 aromatic carbocycles. The van der Waals surface area contributed by atoms with Crippen LogP contribution < -0.4 is 14.3 Å². The second-order valence-corrected chi connectivity index (χ2v) is 6.40. The molecule has 0 aliphatic carbocycles. The maximum absolute atomic E-state index is 10.7. The van der Waals surface area contributed by atoms with Crippen LogP contribution in [0.5, 0.6) is 5.75 Å². The van der Waals surface area contributed by atoms with Crippen LogP contribution in [0.1, 0.15) is 22.3 Å². The summed E-state index contributed by atoms with van der Waals surface area (Å²) >= 11 is 4.40. The highest BCUT2D eigenvalue weighted by atomic mass is 32.1. The first kappa shape index (κ1) is 17.8. The predicted molar refractivity (Wildman–Crippen MR) is 97.9 cm³/mol. The van der Waals surface area contributed by atoms with Gasteiger partial charge in [-0.1, -0.05) is 35.9 Å². The smallest absolute Gasteiger partial charge is 0.203 e. The van der Waals surface area contributed by atoms with Crippen LogP contribution in [0.25, 0.3) is 0 Å². The van der Waals surface area contributed by atoms with Crippen molar-refractivity contribution in [2.45, 2.75) is 27.2 Å². The van der Waals surface area contributed by atoms with Crippen molar-refractivity contribution in [3.8, 4) is 5.75 Å². The quantitative estimate of drug-likeness (QED) is 0.426. The fourth-order valence-corrected chi connectivity index (χ4v) is 3.41. The lowest BCUT2D eigenvalue weighted by atomic mass is 10.1. The molecule has 2 aromatic rings. The van der Waals surface area contributed by atoms with E-state index in [2.05, 4.69) is 18.2 Å². The minimum Gasteiger partial charge on any atom is -0.496 e. The van der Waals surface area contributed by atoms with E-state index in [4.69, 9.17) is 4.74 Å². The summed E-state index contributed by atoms with van der Waals surface area (Å²) in [5.74, 6) is 0.854. The molecule has 1 atom stereocenters. The molecule has 0 heterocycles. The Bertz CT molecular complexity index is 663. The van der Waals surface area contributed by atoms with Gasteiger partial charge < -0.3 is 4.74 Å². The third kappa shape index (κ3) is 4.26. The van der Waals surface area contributed by atoms with Crippen molar-refractivity contribution in [2.75, 3.05) is 13.7 Å². The maximum atomic E-state index is 10.7. The Hall–Kier alpha value is -1.53. The van der Waals surface area contributed by atoms with Crippen molar-refractivity contribution >= 4 is 18.5 Å². The van der Waals surface area contributed by atoms with Crippen LogP contribution >= 0.6 is 12.8 Å². The average molecular weight is 333 g/mol. The van der Waals surface area contributed by atoms with Crippen LogP contribution in [0, 0.1) is 20.8 Å². The van der Waals surface area contributed by atoms with Crippen LogP contribution in [0.4, 0.5) is 5.69 Å². The lowest BCUT2D eigenvalue weighted by Crippen LogP contribution is -2.50. The molecule has 0 saturated carbocycles. The van der Waals surface area contributed by atoms with Gasteiger partial charge in [0.15, 0.2) is 0 Å². The normalized spacial score (nSPS) is 13.7. The summed E-state index contributed by atoms with van der Waals surface area (Å²) in [6.07, 6.45) is 0.731. The van der Waals surface area contributed by atoms with E-state index in [9.17, 15) is 5.21 Å². The molecule has 23 heavy (non-hydrogen) atoms. The van der Waals surface area contributed by atoms with E-state index in [0.29, 0.717) is 6.54 Å². The molecule has 0 bridgehead atoms. The SMILES string of the molecule is COc1ccccc1CCN[N+](O)(S)c1c(C)cc(C)cc1C. The summed E-state index contributed by atoms with van der Waals surface area (Å²) in [7, 11) is 1.66. The largest absolute Gasteiger partial charge is 0.496 e. The van der Waals surface area contributed by atoms with Gasteiger partial charge in [0.25, 0.3) is 0 Å². The summed E-state index contributed by atoms with van der Waals surface area (Å²) in [6.45, 7) is 6.57.